The summed E-state index contributed by atoms with van der Waals surface area (Å²) in [6.45, 7) is 3.17. The number of hydrogen-bond acceptors (Lipinski definition) is 3. The predicted octanol–water partition coefficient (Wildman–Crippen LogP) is 3.61. The lowest BCUT2D eigenvalue weighted by Crippen LogP contribution is -2.48. The van der Waals surface area contributed by atoms with Gasteiger partial charge in [0.25, 0.3) is 0 Å². The van der Waals surface area contributed by atoms with E-state index in [9.17, 15) is 0 Å². The molecule has 0 bridgehead atoms. The van der Waals surface area contributed by atoms with E-state index in [-0.39, 0.29) is 5.60 Å². The third kappa shape index (κ3) is 3.21. The molecule has 1 aliphatic carbocycles. The number of aromatic nitrogens is 1. The standard InChI is InChI=1S/C17H26N2O/c1-14(15-5-10-18-11-6-15)19-16-7-12-20-17(13-16)8-3-2-4-9-17/h5-6,10-11,14,16,19H,2-4,7-9,12-13H2,1H3/t14-,16?/m0/s1. The van der Waals surface area contributed by atoms with Crippen molar-refractivity contribution in [3.05, 3.63) is 30.1 Å². The maximum absolute atomic E-state index is 6.17. The molecule has 1 saturated heterocycles. The van der Waals surface area contributed by atoms with Crippen molar-refractivity contribution in [1.29, 1.82) is 0 Å². The highest BCUT2D eigenvalue weighted by Gasteiger charge is 2.38. The van der Waals surface area contributed by atoms with Crippen LogP contribution in [0.15, 0.2) is 24.5 Å². The van der Waals surface area contributed by atoms with Gasteiger partial charge in [0.1, 0.15) is 0 Å². The number of ether oxygens (including phenoxy) is 1. The van der Waals surface area contributed by atoms with Crippen LogP contribution in [0.3, 0.4) is 0 Å². The average Bonchev–Trinajstić information content (AvgIpc) is 2.49. The van der Waals surface area contributed by atoms with Gasteiger partial charge in [0.15, 0.2) is 0 Å². The summed E-state index contributed by atoms with van der Waals surface area (Å²) in [6, 6.07) is 5.19. The van der Waals surface area contributed by atoms with E-state index in [4.69, 9.17) is 4.74 Å². The van der Waals surface area contributed by atoms with Gasteiger partial charge in [0, 0.05) is 31.1 Å². The zero-order valence-electron chi connectivity index (χ0n) is 12.5. The SMILES string of the molecule is C[C@H](NC1CCOC2(CCCCC2)C1)c1ccncc1. The van der Waals surface area contributed by atoms with Gasteiger partial charge in [-0.2, -0.15) is 0 Å². The van der Waals surface area contributed by atoms with Gasteiger partial charge in [-0.05, 0) is 50.3 Å². The molecule has 1 N–H and O–H groups in total. The summed E-state index contributed by atoms with van der Waals surface area (Å²) >= 11 is 0. The molecule has 1 aliphatic heterocycles. The lowest BCUT2D eigenvalue weighted by Gasteiger charge is -2.44. The highest BCUT2D eigenvalue weighted by Crippen LogP contribution is 2.38. The fourth-order valence-corrected chi connectivity index (χ4v) is 3.82. The summed E-state index contributed by atoms with van der Waals surface area (Å²) in [5.74, 6) is 0. The monoisotopic (exact) mass is 274 g/mol. The molecule has 0 aromatic carbocycles. The molecule has 1 saturated carbocycles. The van der Waals surface area contributed by atoms with E-state index < -0.39 is 0 Å². The topological polar surface area (TPSA) is 34.1 Å². The van der Waals surface area contributed by atoms with Gasteiger partial charge < -0.3 is 10.1 Å². The second kappa shape index (κ2) is 6.23. The molecule has 0 amide bonds. The first-order valence-electron chi connectivity index (χ1n) is 8.07. The summed E-state index contributed by atoms with van der Waals surface area (Å²) < 4.78 is 6.17. The van der Waals surface area contributed by atoms with Crippen molar-refractivity contribution in [1.82, 2.24) is 10.3 Å². The molecule has 3 heteroatoms. The predicted molar refractivity (Wildman–Crippen MR) is 80.6 cm³/mol. The van der Waals surface area contributed by atoms with Crippen molar-refractivity contribution in [2.24, 2.45) is 0 Å². The molecule has 0 radical (unpaired) electrons. The highest BCUT2D eigenvalue weighted by atomic mass is 16.5. The van der Waals surface area contributed by atoms with Gasteiger partial charge in [0.05, 0.1) is 5.60 Å². The molecule has 2 heterocycles. The minimum atomic E-state index is 0.187. The van der Waals surface area contributed by atoms with E-state index in [0.717, 1.165) is 13.0 Å². The second-order valence-corrected chi connectivity index (χ2v) is 6.45. The van der Waals surface area contributed by atoms with Crippen molar-refractivity contribution in [2.45, 2.75) is 69.6 Å². The zero-order valence-corrected chi connectivity index (χ0v) is 12.5. The largest absolute Gasteiger partial charge is 0.375 e. The first-order chi connectivity index (χ1) is 9.77. The Morgan fingerprint density at radius 2 is 2.00 bits per heavy atom. The van der Waals surface area contributed by atoms with Gasteiger partial charge in [0.2, 0.25) is 0 Å². The van der Waals surface area contributed by atoms with Gasteiger partial charge >= 0.3 is 0 Å². The third-order valence-corrected chi connectivity index (χ3v) is 4.95. The molecule has 1 aromatic heterocycles. The number of nitrogens with zero attached hydrogens (tertiary/aromatic N) is 1. The summed E-state index contributed by atoms with van der Waals surface area (Å²) in [5.41, 5.74) is 1.51. The molecule has 1 aromatic rings. The molecule has 2 atom stereocenters. The maximum atomic E-state index is 6.17. The Labute approximate surface area is 122 Å². The first kappa shape index (κ1) is 14.0. The fourth-order valence-electron chi connectivity index (χ4n) is 3.82. The van der Waals surface area contributed by atoms with Crippen molar-refractivity contribution in [2.75, 3.05) is 6.61 Å². The molecule has 2 aliphatic rings. The van der Waals surface area contributed by atoms with Crippen molar-refractivity contribution >= 4 is 0 Å². The Balaban J connectivity index is 1.60. The summed E-state index contributed by atoms with van der Waals surface area (Å²) in [5, 5.41) is 3.80. The molecule has 2 fully saturated rings. The van der Waals surface area contributed by atoms with Crippen LogP contribution in [0.2, 0.25) is 0 Å². The summed E-state index contributed by atoms with van der Waals surface area (Å²) in [7, 11) is 0. The molecule has 20 heavy (non-hydrogen) atoms. The van der Waals surface area contributed by atoms with Gasteiger partial charge in [-0.3, -0.25) is 4.98 Å². The fraction of sp³-hybridized carbons (Fsp3) is 0.706. The third-order valence-electron chi connectivity index (χ3n) is 4.95. The maximum Gasteiger partial charge on any atom is 0.0697 e. The van der Waals surface area contributed by atoms with Gasteiger partial charge in [-0.15, -0.1) is 0 Å². The number of hydrogen-bond donors (Lipinski definition) is 1. The molecule has 3 rings (SSSR count). The first-order valence-corrected chi connectivity index (χ1v) is 8.07. The van der Waals surface area contributed by atoms with Crippen molar-refractivity contribution in [3.8, 4) is 0 Å². The van der Waals surface area contributed by atoms with Crippen LogP contribution in [0.4, 0.5) is 0 Å². The lowest BCUT2D eigenvalue weighted by atomic mass is 9.78. The van der Waals surface area contributed by atoms with Crippen LogP contribution in [0, 0.1) is 0 Å². The molecule has 1 spiro atoms. The number of nitrogens with one attached hydrogen (secondary N) is 1. The summed E-state index contributed by atoms with van der Waals surface area (Å²) in [6.07, 6.45) is 12.7. The Hall–Kier alpha value is -0.930. The van der Waals surface area contributed by atoms with E-state index in [1.165, 1.54) is 44.1 Å². The van der Waals surface area contributed by atoms with E-state index in [0.29, 0.717) is 12.1 Å². The highest BCUT2D eigenvalue weighted by molar-refractivity contribution is 5.14. The Bertz CT molecular complexity index is 409. The second-order valence-electron chi connectivity index (χ2n) is 6.45. The normalized spacial score (nSPS) is 27.4. The average molecular weight is 274 g/mol. The Morgan fingerprint density at radius 3 is 2.75 bits per heavy atom. The Morgan fingerprint density at radius 1 is 1.25 bits per heavy atom. The van der Waals surface area contributed by atoms with Crippen molar-refractivity contribution in [3.63, 3.8) is 0 Å². The molecular weight excluding hydrogens is 248 g/mol. The van der Waals surface area contributed by atoms with Gasteiger partial charge in [-0.25, -0.2) is 0 Å². The van der Waals surface area contributed by atoms with E-state index in [1.54, 1.807) is 0 Å². The van der Waals surface area contributed by atoms with Crippen LogP contribution in [-0.4, -0.2) is 23.2 Å². The number of pyridine rings is 1. The Kier molecular flexibility index (Phi) is 4.37. The number of rotatable bonds is 3. The zero-order chi connectivity index (χ0) is 13.8. The molecule has 3 nitrogen and oxygen atoms in total. The van der Waals surface area contributed by atoms with Crippen LogP contribution in [-0.2, 0) is 4.74 Å². The van der Waals surface area contributed by atoms with Crippen LogP contribution < -0.4 is 5.32 Å². The summed E-state index contributed by atoms with van der Waals surface area (Å²) in [4.78, 5) is 4.10. The minimum Gasteiger partial charge on any atom is -0.375 e. The van der Waals surface area contributed by atoms with Crippen LogP contribution in [0.5, 0.6) is 0 Å². The van der Waals surface area contributed by atoms with E-state index in [2.05, 4.69) is 29.4 Å². The molecular formula is C17H26N2O. The van der Waals surface area contributed by atoms with Gasteiger partial charge in [-0.1, -0.05) is 19.3 Å². The molecule has 1 unspecified atom stereocenters. The van der Waals surface area contributed by atoms with E-state index in [1.807, 2.05) is 12.4 Å². The van der Waals surface area contributed by atoms with E-state index >= 15 is 0 Å². The smallest absolute Gasteiger partial charge is 0.0697 e. The van der Waals surface area contributed by atoms with Crippen molar-refractivity contribution < 1.29 is 4.74 Å². The van der Waals surface area contributed by atoms with Crippen LogP contribution in [0.1, 0.15) is 63.5 Å². The van der Waals surface area contributed by atoms with Crippen LogP contribution in [0.25, 0.3) is 0 Å². The van der Waals surface area contributed by atoms with Crippen LogP contribution >= 0.6 is 0 Å². The molecule has 110 valence electrons. The lowest BCUT2D eigenvalue weighted by molar-refractivity contribution is -0.110. The quantitative estimate of drug-likeness (QED) is 0.914. The minimum absolute atomic E-state index is 0.187.